The molecule has 0 nitrogen and oxygen atoms in total. The molecular formula is C5H5F2Ti. The van der Waals surface area contributed by atoms with Crippen molar-refractivity contribution in [2.75, 3.05) is 0 Å². The Morgan fingerprint density at radius 3 is 2.00 bits per heavy atom. The molecule has 0 aliphatic heterocycles. The number of hydrogen-bond acceptors (Lipinski definition) is 0. The second-order valence-electron chi connectivity index (χ2n) is 1.00. The first-order valence-corrected chi connectivity index (χ1v) is 1.72. The number of allylic oxidation sites excluding steroid dienone is 4. The average molecular weight is 151 g/mol. The SMILES string of the molecule is [C-]1=CC=CC1.[F-].[F-].[Ti+3]. The maximum atomic E-state index is 2.99. The molecule has 0 aromatic carbocycles. The van der Waals surface area contributed by atoms with Gasteiger partial charge in [0.25, 0.3) is 0 Å². The van der Waals surface area contributed by atoms with Gasteiger partial charge < -0.3 is 9.41 Å². The molecule has 0 amide bonds. The van der Waals surface area contributed by atoms with Crippen LogP contribution in [0, 0.1) is 6.08 Å². The van der Waals surface area contributed by atoms with Gasteiger partial charge in [0.15, 0.2) is 0 Å². The van der Waals surface area contributed by atoms with Crippen LogP contribution in [0.5, 0.6) is 0 Å². The standard InChI is InChI=1S/C5H5.2FH.Ti/c1-2-4-5-3-1;;;/h1-3H,4H2;2*1H;/q-1;;;+3/p-2. The van der Waals surface area contributed by atoms with Crippen molar-refractivity contribution in [2.45, 2.75) is 6.42 Å². The van der Waals surface area contributed by atoms with Crippen LogP contribution in [0.3, 0.4) is 0 Å². The molecule has 1 aliphatic carbocycles. The third-order valence-corrected chi connectivity index (χ3v) is 0.586. The van der Waals surface area contributed by atoms with Crippen LogP contribution in [-0.4, -0.2) is 0 Å². The van der Waals surface area contributed by atoms with Crippen molar-refractivity contribution in [2.24, 2.45) is 0 Å². The molecule has 0 atom stereocenters. The molecule has 0 N–H and O–H groups in total. The van der Waals surface area contributed by atoms with Gasteiger partial charge in [-0.15, -0.1) is 6.42 Å². The molecule has 8 heavy (non-hydrogen) atoms. The molecule has 1 aliphatic rings. The minimum absolute atomic E-state index is 0. The van der Waals surface area contributed by atoms with Gasteiger partial charge in [0.2, 0.25) is 0 Å². The van der Waals surface area contributed by atoms with E-state index >= 15 is 0 Å². The van der Waals surface area contributed by atoms with Crippen molar-refractivity contribution in [1.29, 1.82) is 0 Å². The number of rotatable bonds is 0. The normalized spacial score (nSPS) is 11.0. The summed E-state index contributed by atoms with van der Waals surface area (Å²) >= 11 is 0. The molecule has 1 rings (SSSR count). The molecule has 0 fully saturated rings. The van der Waals surface area contributed by atoms with E-state index in [2.05, 4.69) is 12.2 Å². The van der Waals surface area contributed by atoms with E-state index < -0.39 is 0 Å². The Morgan fingerprint density at radius 1 is 1.25 bits per heavy atom. The van der Waals surface area contributed by atoms with Crippen LogP contribution >= 0.6 is 0 Å². The Bertz CT molecular complexity index is 68.5. The van der Waals surface area contributed by atoms with E-state index in [-0.39, 0.29) is 31.1 Å². The van der Waals surface area contributed by atoms with Crippen molar-refractivity contribution in [3.63, 3.8) is 0 Å². The molecule has 0 saturated heterocycles. The molecule has 0 heterocycles. The van der Waals surface area contributed by atoms with Gasteiger partial charge in [-0.25, -0.2) is 12.2 Å². The Labute approximate surface area is 62.3 Å². The average Bonchev–Trinajstić information content (AvgIpc) is 1.76. The van der Waals surface area contributed by atoms with E-state index in [9.17, 15) is 0 Å². The molecular weight excluding hydrogens is 146 g/mol. The zero-order valence-corrected chi connectivity index (χ0v) is 5.76. The van der Waals surface area contributed by atoms with Gasteiger partial charge in [0.1, 0.15) is 0 Å². The van der Waals surface area contributed by atoms with E-state index in [1.165, 1.54) is 0 Å². The fourth-order valence-corrected chi connectivity index (χ4v) is 0.340. The van der Waals surface area contributed by atoms with Crippen LogP contribution in [-0.2, 0) is 21.7 Å². The molecule has 0 aromatic rings. The molecule has 0 aromatic heterocycles. The van der Waals surface area contributed by atoms with E-state index in [1.807, 2.05) is 12.2 Å². The predicted molar refractivity (Wildman–Crippen MR) is 21.6 cm³/mol. The van der Waals surface area contributed by atoms with Crippen LogP contribution < -0.4 is 9.41 Å². The zero-order chi connectivity index (χ0) is 3.54. The molecule has 0 unspecified atom stereocenters. The number of halogens is 2. The van der Waals surface area contributed by atoms with Crippen molar-refractivity contribution >= 4 is 0 Å². The second-order valence-corrected chi connectivity index (χ2v) is 1.00. The molecule has 0 spiro atoms. The Hall–Kier alpha value is 0.0543. The van der Waals surface area contributed by atoms with Crippen LogP contribution in [0.25, 0.3) is 0 Å². The summed E-state index contributed by atoms with van der Waals surface area (Å²) in [5.74, 6) is 0. The quantitative estimate of drug-likeness (QED) is 0.241. The van der Waals surface area contributed by atoms with E-state index in [0.717, 1.165) is 6.42 Å². The van der Waals surface area contributed by atoms with Gasteiger partial charge in [0.05, 0.1) is 0 Å². The minimum Gasteiger partial charge on any atom is -1.00 e. The second kappa shape index (κ2) is 10.1. The van der Waals surface area contributed by atoms with Crippen LogP contribution in [0.1, 0.15) is 6.42 Å². The van der Waals surface area contributed by atoms with Gasteiger partial charge in [-0.3, -0.25) is 6.08 Å². The molecule has 1 radical (unpaired) electrons. The fraction of sp³-hybridized carbons (Fsp3) is 0.200. The van der Waals surface area contributed by atoms with Gasteiger partial charge in [-0.2, -0.15) is 6.08 Å². The maximum absolute atomic E-state index is 2.99. The summed E-state index contributed by atoms with van der Waals surface area (Å²) < 4.78 is 0. The van der Waals surface area contributed by atoms with E-state index in [4.69, 9.17) is 0 Å². The summed E-state index contributed by atoms with van der Waals surface area (Å²) in [7, 11) is 0. The van der Waals surface area contributed by atoms with Gasteiger partial charge in [0, 0.05) is 0 Å². The Balaban J connectivity index is -0.0000000833. The van der Waals surface area contributed by atoms with Crippen molar-refractivity contribution < 1.29 is 31.1 Å². The van der Waals surface area contributed by atoms with Crippen molar-refractivity contribution in [1.82, 2.24) is 0 Å². The summed E-state index contributed by atoms with van der Waals surface area (Å²) in [5, 5.41) is 0. The zero-order valence-electron chi connectivity index (χ0n) is 4.20. The van der Waals surface area contributed by atoms with E-state index in [0.29, 0.717) is 0 Å². The molecule has 3 heteroatoms. The predicted octanol–water partition coefficient (Wildman–Crippen LogP) is -4.69. The third kappa shape index (κ3) is 6.05. The smallest absolute Gasteiger partial charge is 1.00 e. The number of hydrogen-bond donors (Lipinski definition) is 0. The first kappa shape index (κ1) is 15.7. The van der Waals surface area contributed by atoms with E-state index in [1.54, 1.807) is 0 Å². The first-order valence-electron chi connectivity index (χ1n) is 1.72. The molecule has 0 saturated carbocycles. The summed E-state index contributed by atoms with van der Waals surface area (Å²) in [4.78, 5) is 0. The molecule has 0 bridgehead atoms. The monoisotopic (exact) mass is 151 g/mol. The van der Waals surface area contributed by atoms with Gasteiger partial charge in [-0.05, 0) is 0 Å². The summed E-state index contributed by atoms with van der Waals surface area (Å²) in [6.07, 6.45) is 10.0. The topological polar surface area (TPSA) is 0 Å². The van der Waals surface area contributed by atoms with Gasteiger partial charge >= 0.3 is 21.7 Å². The van der Waals surface area contributed by atoms with Gasteiger partial charge in [-0.1, -0.05) is 0 Å². The van der Waals surface area contributed by atoms with Crippen molar-refractivity contribution in [3.05, 3.63) is 24.3 Å². The van der Waals surface area contributed by atoms with Crippen molar-refractivity contribution in [3.8, 4) is 0 Å². The third-order valence-electron chi connectivity index (χ3n) is 0.586. The Morgan fingerprint density at radius 2 is 1.88 bits per heavy atom. The van der Waals surface area contributed by atoms with Crippen LogP contribution in [0.2, 0.25) is 0 Å². The summed E-state index contributed by atoms with van der Waals surface area (Å²) in [5.41, 5.74) is 0. The molecule has 43 valence electrons. The minimum atomic E-state index is 0. The van der Waals surface area contributed by atoms with Crippen LogP contribution in [0.4, 0.5) is 0 Å². The Kier molecular flexibility index (Phi) is 19.9. The summed E-state index contributed by atoms with van der Waals surface area (Å²) in [6.45, 7) is 0. The summed E-state index contributed by atoms with van der Waals surface area (Å²) in [6, 6.07) is 0. The fourth-order valence-electron chi connectivity index (χ4n) is 0.340. The largest absolute Gasteiger partial charge is 3.00 e. The van der Waals surface area contributed by atoms with Crippen LogP contribution in [0.15, 0.2) is 18.2 Å². The maximum Gasteiger partial charge on any atom is 3.00 e. The first-order chi connectivity index (χ1) is 2.50.